The fraction of sp³-hybridized carbons (Fsp3) is 0.448. The van der Waals surface area contributed by atoms with Crippen LogP contribution in [-0.4, -0.2) is 98.3 Å². The summed E-state index contributed by atoms with van der Waals surface area (Å²) in [6.45, 7) is 9.55. The van der Waals surface area contributed by atoms with Crippen LogP contribution in [-0.2, 0) is 89.2 Å². The first kappa shape index (κ1) is 60.7. The summed E-state index contributed by atoms with van der Waals surface area (Å²) in [5.41, 5.74) is 1.66. The van der Waals surface area contributed by atoms with Crippen LogP contribution in [0.3, 0.4) is 0 Å². The Morgan fingerprint density at radius 1 is 0.410 bits per heavy atom. The monoisotopic (exact) mass is 1080 g/mol. The molecule has 3 aromatic rings. The van der Waals surface area contributed by atoms with Crippen LogP contribution in [0.2, 0.25) is 0 Å². The number of ether oxygens (including phenoxy) is 10. The summed E-state index contributed by atoms with van der Waals surface area (Å²) in [5, 5.41) is 0. The van der Waals surface area contributed by atoms with Crippen molar-refractivity contribution in [2.75, 3.05) is 26.4 Å². The second-order valence-electron chi connectivity index (χ2n) is 18.8. The van der Waals surface area contributed by atoms with Gasteiger partial charge in [-0.25, -0.2) is 9.59 Å². The molecule has 0 amide bonds. The summed E-state index contributed by atoms with van der Waals surface area (Å²) in [4.78, 5) is 123. The summed E-state index contributed by atoms with van der Waals surface area (Å²) in [7, 11) is 0. The zero-order valence-electron chi connectivity index (χ0n) is 43.9. The molecule has 2 aliphatic rings. The molecule has 78 heavy (non-hydrogen) atoms. The van der Waals surface area contributed by atoms with E-state index in [9.17, 15) is 47.9 Å². The fourth-order valence-electron chi connectivity index (χ4n) is 8.22. The lowest BCUT2D eigenvalue weighted by Crippen LogP contribution is -2.30. The van der Waals surface area contributed by atoms with Crippen LogP contribution in [0, 0.1) is 23.7 Å². The van der Waals surface area contributed by atoms with Gasteiger partial charge >= 0.3 is 59.7 Å². The molecule has 2 aliphatic carbocycles. The van der Waals surface area contributed by atoms with Gasteiger partial charge in [-0.15, -0.1) is 0 Å². The zero-order valence-corrected chi connectivity index (χ0v) is 43.9. The van der Waals surface area contributed by atoms with Gasteiger partial charge in [-0.3, -0.25) is 38.4 Å². The number of esters is 10. The van der Waals surface area contributed by atoms with Crippen molar-refractivity contribution in [1.82, 2.24) is 0 Å². The van der Waals surface area contributed by atoms with E-state index in [2.05, 4.69) is 13.2 Å². The Hall–Kier alpha value is -8.16. The molecule has 5 rings (SSSR count). The SMILES string of the molecule is C=CC(=O)OCC(C)OC(=O)CCC(=O)OCCc1ccc(OC(=O)[C@H]2CC[C@H](C(=O)Oc3ccc(OC(=O)[C@H]4CC[C@H](C(=O)Oc5ccc(CCOC(=O)CCC(=O)OC(C)COC(=O)C=C)cc5)CC4)cc3)CC2)cc1. The van der Waals surface area contributed by atoms with Crippen LogP contribution in [0.4, 0.5) is 0 Å². The molecule has 0 radical (unpaired) electrons. The molecule has 418 valence electrons. The minimum Gasteiger partial charge on any atom is -0.465 e. The molecule has 0 aliphatic heterocycles. The number of hydrogen-bond acceptors (Lipinski definition) is 20. The van der Waals surface area contributed by atoms with Gasteiger partial charge in [0.1, 0.15) is 48.4 Å². The van der Waals surface area contributed by atoms with Crippen molar-refractivity contribution in [3.8, 4) is 23.0 Å². The maximum Gasteiger partial charge on any atom is 0.330 e. The number of carbonyl (C=O) groups is 10. The van der Waals surface area contributed by atoms with Crippen molar-refractivity contribution in [3.05, 3.63) is 109 Å². The van der Waals surface area contributed by atoms with Crippen molar-refractivity contribution in [2.45, 2.75) is 116 Å². The van der Waals surface area contributed by atoms with Crippen LogP contribution in [0.15, 0.2) is 98.1 Å². The first-order chi connectivity index (χ1) is 37.5. The summed E-state index contributed by atoms with van der Waals surface area (Å²) in [6.07, 6.45) is 4.16. The van der Waals surface area contributed by atoms with E-state index in [1.165, 1.54) is 24.3 Å². The first-order valence-corrected chi connectivity index (χ1v) is 25.9. The van der Waals surface area contributed by atoms with E-state index in [-0.39, 0.29) is 63.6 Å². The van der Waals surface area contributed by atoms with E-state index < -0.39 is 95.6 Å². The number of rotatable bonds is 28. The van der Waals surface area contributed by atoms with E-state index in [0.717, 1.165) is 23.3 Å². The van der Waals surface area contributed by atoms with Gasteiger partial charge in [-0.05, 0) is 125 Å². The average molecular weight is 1080 g/mol. The molecule has 2 fully saturated rings. The molecule has 3 aromatic carbocycles. The van der Waals surface area contributed by atoms with Gasteiger partial charge in [-0.1, -0.05) is 37.4 Å². The number of hydrogen-bond donors (Lipinski definition) is 0. The highest BCUT2D eigenvalue weighted by Gasteiger charge is 2.34. The molecule has 0 aromatic heterocycles. The quantitative estimate of drug-likeness (QED) is 0.0297. The lowest BCUT2D eigenvalue weighted by molar-refractivity contribution is -0.157. The van der Waals surface area contributed by atoms with Gasteiger partial charge < -0.3 is 47.4 Å². The van der Waals surface area contributed by atoms with Crippen molar-refractivity contribution in [3.63, 3.8) is 0 Å². The lowest BCUT2D eigenvalue weighted by atomic mass is 9.82. The van der Waals surface area contributed by atoms with Crippen molar-refractivity contribution in [2.24, 2.45) is 23.7 Å². The summed E-state index contributed by atoms with van der Waals surface area (Å²) >= 11 is 0. The molecule has 20 nitrogen and oxygen atoms in total. The van der Waals surface area contributed by atoms with Crippen LogP contribution >= 0.6 is 0 Å². The summed E-state index contributed by atoms with van der Waals surface area (Å²) in [6, 6.07) is 19.7. The minimum atomic E-state index is -0.683. The average Bonchev–Trinajstić information content (AvgIpc) is 3.44. The van der Waals surface area contributed by atoms with Gasteiger partial charge in [0, 0.05) is 25.0 Å². The van der Waals surface area contributed by atoms with Crippen LogP contribution in [0.5, 0.6) is 23.0 Å². The van der Waals surface area contributed by atoms with Crippen molar-refractivity contribution >= 4 is 59.7 Å². The Bertz CT molecular complexity index is 2380. The Morgan fingerprint density at radius 3 is 0.936 bits per heavy atom. The Kier molecular flexibility index (Phi) is 24.7. The van der Waals surface area contributed by atoms with Gasteiger partial charge in [0.05, 0.1) is 62.6 Å². The Morgan fingerprint density at radius 2 is 0.667 bits per heavy atom. The van der Waals surface area contributed by atoms with Gasteiger partial charge in [0.2, 0.25) is 0 Å². The molecule has 2 atom stereocenters. The number of carbonyl (C=O) groups excluding carboxylic acids is 10. The van der Waals surface area contributed by atoms with Gasteiger partial charge in [0.15, 0.2) is 0 Å². The molecule has 0 heterocycles. The predicted molar refractivity (Wildman–Crippen MR) is 274 cm³/mol. The normalized spacial score (nSPS) is 17.5. The highest BCUT2D eigenvalue weighted by atomic mass is 16.6. The van der Waals surface area contributed by atoms with Crippen LogP contribution < -0.4 is 18.9 Å². The zero-order chi connectivity index (χ0) is 56.4. The molecule has 2 saturated carbocycles. The molecular formula is C58H66O20. The first-order valence-electron chi connectivity index (χ1n) is 25.9. The van der Waals surface area contributed by atoms with E-state index in [1.807, 2.05) is 0 Å². The van der Waals surface area contributed by atoms with E-state index in [0.29, 0.717) is 75.7 Å². The maximum atomic E-state index is 13.1. The third-order valence-electron chi connectivity index (χ3n) is 12.6. The largest absolute Gasteiger partial charge is 0.465 e. The lowest BCUT2D eigenvalue weighted by Gasteiger charge is -2.26. The molecule has 0 spiro atoms. The topological polar surface area (TPSA) is 263 Å². The second-order valence-corrected chi connectivity index (χ2v) is 18.8. The van der Waals surface area contributed by atoms with Crippen LogP contribution in [0.1, 0.15) is 102 Å². The second kappa shape index (κ2) is 31.8. The van der Waals surface area contributed by atoms with Gasteiger partial charge in [-0.2, -0.15) is 0 Å². The van der Waals surface area contributed by atoms with E-state index in [1.54, 1.807) is 62.4 Å². The van der Waals surface area contributed by atoms with E-state index in [4.69, 9.17) is 47.4 Å². The van der Waals surface area contributed by atoms with Crippen molar-refractivity contribution < 1.29 is 95.3 Å². The van der Waals surface area contributed by atoms with Crippen molar-refractivity contribution in [1.29, 1.82) is 0 Å². The smallest absolute Gasteiger partial charge is 0.330 e. The molecular weight excluding hydrogens is 1020 g/mol. The predicted octanol–water partition coefficient (Wildman–Crippen LogP) is 7.38. The molecule has 0 saturated heterocycles. The highest BCUT2D eigenvalue weighted by molar-refractivity contribution is 5.82. The van der Waals surface area contributed by atoms with Crippen LogP contribution in [0.25, 0.3) is 0 Å². The Labute approximate surface area is 452 Å². The molecule has 2 unspecified atom stereocenters. The minimum absolute atomic E-state index is 0.0736. The highest BCUT2D eigenvalue weighted by Crippen LogP contribution is 2.34. The maximum absolute atomic E-state index is 13.1. The molecule has 20 heteroatoms. The molecule has 0 bridgehead atoms. The fourth-order valence-corrected chi connectivity index (χ4v) is 8.22. The Balaban J connectivity index is 0.904. The third-order valence-corrected chi connectivity index (χ3v) is 12.6. The molecule has 0 N–H and O–H groups in total. The van der Waals surface area contributed by atoms with E-state index >= 15 is 0 Å². The van der Waals surface area contributed by atoms with Gasteiger partial charge in [0.25, 0.3) is 0 Å². The summed E-state index contributed by atoms with van der Waals surface area (Å²) in [5.74, 6) is -5.68. The third kappa shape index (κ3) is 21.8. The standard InChI is InChI=1S/C58H66O20/c1-5-49(59)71-35-37(3)73-53(63)29-27-51(61)69-33-31-39-7-19-45(20-8-39)75-55(65)41-11-15-43(16-12-41)57(67)77-47-23-25-48(26-24-47)78-58(68)44-17-13-42(14-18-44)56(66)76-46-21-9-40(10-22-46)32-34-70-52(62)28-30-54(64)74-38(4)36-72-50(60)6-2/h5-10,19-26,37-38,41-44H,1-2,11-18,27-36H2,3-4H3/t37?,38?,41-,42-,43-,44-. The summed E-state index contributed by atoms with van der Waals surface area (Å²) < 4.78 is 52.7. The number of benzene rings is 3.